The van der Waals surface area contributed by atoms with Crippen LogP contribution in [0.4, 0.5) is 0 Å². The van der Waals surface area contributed by atoms with Crippen LogP contribution in [0.15, 0.2) is 97.1 Å². The molecule has 0 radical (unpaired) electrons. The quantitative estimate of drug-likeness (QED) is 0.204. The van der Waals surface area contributed by atoms with Crippen LogP contribution in [0.1, 0.15) is 107 Å². The van der Waals surface area contributed by atoms with Crippen molar-refractivity contribution in [1.29, 1.82) is 10.5 Å². The first-order valence-corrected chi connectivity index (χ1v) is 18.3. The number of nitrogens with zero attached hydrogens (tertiary/aromatic N) is 2. The van der Waals surface area contributed by atoms with E-state index in [1.807, 2.05) is 48.5 Å². The molecule has 0 amide bonds. The molecule has 0 atom stereocenters. The van der Waals surface area contributed by atoms with E-state index in [0.29, 0.717) is 23.0 Å². The topological polar surface area (TPSA) is 47.6 Å². The Hall–Kier alpha value is -5.02. The van der Waals surface area contributed by atoms with Crippen LogP contribution < -0.4 is 0 Å². The summed E-state index contributed by atoms with van der Waals surface area (Å²) in [7, 11) is 0. The van der Waals surface area contributed by atoms with Crippen LogP contribution >= 0.6 is 0 Å². The Morgan fingerprint density at radius 1 is 0.449 bits per heavy atom. The van der Waals surface area contributed by atoms with E-state index < -0.39 is 0 Å². The SMILES string of the molecule is CCC1CCC(C#Cc2ccc(-c3ccc(C#N)cc3)cc2)CC1.CCCC1CCC(C#Cc2ccc(-c3ccc(C#N)cc3)cc2)CC1. The van der Waals surface area contributed by atoms with E-state index in [4.69, 9.17) is 10.5 Å². The molecule has 2 saturated carbocycles. The lowest BCUT2D eigenvalue weighted by molar-refractivity contribution is 0.300. The van der Waals surface area contributed by atoms with Crippen LogP contribution in [0.5, 0.6) is 0 Å². The molecule has 0 heterocycles. The summed E-state index contributed by atoms with van der Waals surface area (Å²) >= 11 is 0. The van der Waals surface area contributed by atoms with Gasteiger partial charge < -0.3 is 0 Å². The molecule has 49 heavy (non-hydrogen) atoms. The number of benzene rings is 4. The van der Waals surface area contributed by atoms with Gasteiger partial charge in [0.15, 0.2) is 0 Å². The Kier molecular flexibility index (Phi) is 13.3. The highest BCUT2D eigenvalue weighted by Crippen LogP contribution is 2.32. The van der Waals surface area contributed by atoms with E-state index in [9.17, 15) is 0 Å². The smallest absolute Gasteiger partial charge is 0.0991 e. The van der Waals surface area contributed by atoms with Gasteiger partial charge in [-0.3, -0.25) is 0 Å². The molecule has 4 aromatic carbocycles. The van der Waals surface area contributed by atoms with Crippen LogP contribution in [-0.4, -0.2) is 0 Å². The van der Waals surface area contributed by atoms with Crippen molar-refractivity contribution in [3.8, 4) is 58.1 Å². The second-order valence-corrected chi connectivity index (χ2v) is 13.7. The van der Waals surface area contributed by atoms with Crippen molar-refractivity contribution in [2.45, 2.75) is 84.5 Å². The van der Waals surface area contributed by atoms with Crippen LogP contribution in [0.3, 0.4) is 0 Å². The molecule has 0 N–H and O–H groups in total. The van der Waals surface area contributed by atoms with Gasteiger partial charge in [-0.1, -0.05) is 105 Å². The van der Waals surface area contributed by atoms with Crippen LogP contribution in [0.2, 0.25) is 0 Å². The summed E-state index contributed by atoms with van der Waals surface area (Å²) in [5.74, 6) is 16.7. The molecule has 2 nitrogen and oxygen atoms in total. The third-order valence-corrected chi connectivity index (χ3v) is 10.3. The molecule has 0 unspecified atom stereocenters. The molecule has 0 aliphatic heterocycles. The van der Waals surface area contributed by atoms with Gasteiger partial charge in [0.25, 0.3) is 0 Å². The summed E-state index contributed by atoms with van der Waals surface area (Å²) in [6.45, 7) is 4.58. The van der Waals surface area contributed by atoms with Gasteiger partial charge in [0.1, 0.15) is 0 Å². The van der Waals surface area contributed by atoms with Crippen molar-refractivity contribution < 1.29 is 0 Å². The number of nitriles is 2. The van der Waals surface area contributed by atoms with Gasteiger partial charge in [0.05, 0.1) is 23.3 Å². The minimum Gasteiger partial charge on any atom is -0.192 e. The molecule has 2 aliphatic rings. The molecule has 2 heteroatoms. The van der Waals surface area contributed by atoms with Gasteiger partial charge in [-0.15, -0.1) is 0 Å². The van der Waals surface area contributed by atoms with Crippen molar-refractivity contribution in [3.05, 3.63) is 119 Å². The average molecular weight is 641 g/mol. The minimum absolute atomic E-state index is 0.575. The van der Waals surface area contributed by atoms with Crippen LogP contribution in [0.25, 0.3) is 22.3 Å². The second kappa shape index (κ2) is 18.5. The van der Waals surface area contributed by atoms with Crippen LogP contribution in [0, 0.1) is 70.0 Å². The maximum absolute atomic E-state index is 8.88. The van der Waals surface area contributed by atoms with E-state index in [2.05, 4.69) is 98.2 Å². The maximum atomic E-state index is 8.88. The number of hydrogen-bond donors (Lipinski definition) is 0. The summed E-state index contributed by atoms with van der Waals surface area (Å²) in [4.78, 5) is 0. The third-order valence-electron chi connectivity index (χ3n) is 10.3. The number of rotatable bonds is 5. The molecule has 0 bridgehead atoms. The van der Waals surface area contributed by atoms with E-state index in [1.54, 1.807) is 0 Å². The molecule has 0 aromatic heterocycles. The Bertz CT molecular complexity index is 1810. The molecule has 6 rings (SSSR count). The van der Waals surface area contributed by atoms with Gasteiger partial charge >= 0.3 is 0 Å². The standard InChI is InChI=1S/C24H25N.C23H23N/c1-2-3-19-4-6-20(7-5-19)8-9-21-10-14-23(15-11-21)24-16-12-22(18-25)13-17-24;1-2-18-3-5-19(6-4-18)7-8-20-9-13-22(14-10-20)23-15-11-21(17-24)12-16-23/h10-17,19-20H,2-7H2,1H3;9-16,18-19H,2-6H2,1H3. The lowest BCUT2D eigenvalue weighted by atomic mass is 9.80. The zero-order chi connectivity index (χ0) is 34.3. The Balaban J connectivity index is 0.000000191. The van der Waals surface area contributed by atoms with Gasteiger partial charge in [-0.25, -0.2) is 0 Å². The third kappa shape index (κ3) is 10.7. The second-order valence-electron chi connectivity index (χ2n) is 13.7. The van der Waals surface area contributed by atoms with Crippen molar-refractivity contribution in [3.63, 3.8) is 0 Å². The summed E-state index contributed by atoms with van der Waals surface area (Å²) in [5.41, 5.74) is 8.15. The fourth-order valence-electron chi connectivity index (χ4n) is 7.06. The van der Waals surface area contributed by atoms with Crippen molar-refractivity contribution >= 4 is 0 Å². The van der Waals surface area contributed by atoms with E-state index in [-0.39, 0.29) is 0 Å². The summed E-state index contributed by atoms with van der Waals surface area (Å²) in [6, 6.07) is 36.5. The first-order valence-electron chi connectivity index (χ1n) is 18.3. The maximum Gasteiger partial charge on any atom is 0.0991 e. The van der Waals surface area contributed by atoms with Gasteiger partial charge in [-0.2, -0.15) is 10.5 Å². The van der Waals surface area contributed by atoms with Gasteiger partial charge in [0, 0.05) is 23.0 Å². The lowest BCUT2D eigenvalue weighted by Gasteiger charge is -2.25. The van der Waals surface area contributed by atoms with E-state index in [1.165, 1.54) is 70.6 Å². The first kappa shape index (κ1) is 35.3. The molecule has 4 aromatic rings. The van der Waals surface area contributed by atoms with E-state index >= 15 is 0 Å². The summed E-state index contributed by atoms with van der Waals surface area (Å²) in [5, 5.41) is 17.7. The molecule has 2 fully saturated rings. The van der Waals surface area contributed by atoms with Gasteiger partial charge in [0.2, 0.25) is 0 Å². The highest BCUT2D eigenvalue weighted by Gasteiger charge is 2.19. The Morgan fingerprint density at radius 3 is 1.08 bits per heavy atom. The molecular weight excluding hydrogens is 593 g/mol. The summed E-state index contributed by atoms with van der Waals surface area (Å²) < 4.78 is 0. The summed E-state index contributed by atoms with van der Waals surface area (Å²) in [6.07, 6.45) is 14.4. The molecule has 2 aliphatic carbocycles. The minimum atomic E-state index is 0.575. The largest absolute Gasteiger partial charge is 0.192 e. The molecule has 0 saturated heterocycles. The Labute approximate surface area is 295 Å². The van der Waals surface area contributed by atoms with Crippen molar-refractivity contribution in [1.82, 2.24) is 0 Å². The molecule has 0 spiro atoms. The lowest BCUT2D eigenvalue weighted by Crippen LogP contribution is -2.13. The average Bonchev–Trinajstić information content (AvgIpc) is 3.18. The predicted molar refractivity (Wildman–Crippen MR) is 203 cm³/mol. The van der Waals surface area contributed by atoms with Crippen molar-refractivity contribution in [2.24, 2.45) is 23.7 Å². The zero-order valence-electron chi connectivity index (χ0n) is 29.2. The monoisotopic (exact) mass is 640 g/mol. The first-order chi connectivity index (χ1) is 24.1. The van der Waals surface area contributed by atoms with Gasteiger partial charge in [-0.05, 0) is 134 Å². The number of hydrogen-bond acceptors (Lipinski definition) is 2. The van der Waals surface area contributed by atoms with Crippen LogP contribution in [-0.2, 0) is 0 Å². The fourth-order valence-corrected chi connectivity index (χ4v) is 7.06. The normalized spacial score (nSPS) is 19.7. The molecular formula is C47H48N2. The fraction of sp³-hybridized carbons (Fsp3) is 0.362. The highest BCUT2D eigenvalue weighted by molar-refractivity contribution is 5.66. The highest BCUT2D eigenvalue weighted by atomic mass is 14.2. The Morgan fingerprint density at radius 2 is 0.776 bits per heavy atom. The zero-order valence-corrected chi connectivity index (χ0v) is 29.2. The molecule has 246 valence electrons. The predicted octanol–water partition coefficient (Wildman–Crippen LogP) is 12.0. The van der Waals surface area contributed by atoms with Crippen molar-refractivity contribution in [2.75, 3.05) is 0 Å². The van der Waals surface area contributed by atoms with E-state index in [0.717, 1.165) is 45.2 Å².